The molecule has 0 unspecified atom stereocenters. The molecule has 0 aromatic heterocycles. The van der Waals surface area contributed by atoms with Gasteiger partial charge in [0.15, 0.2) is 5.17 Å². The van der Waals surface area contributed by atoms with Gasteiger partial charge in [-0.15, -0.1) is 0 Å². The first-order chi connectivity index (χ1) is 10.6. The number of unbranched alkanes of at least 4 members (excludes halogenated alkanes) is 1. The summed E-state index contributed by atoms with van der Waals surface area (Å²) in [7, 11) is 0. The van der Waals surface area contributed by atoms with Crippen molar-refractivity contribution in [3.05, 3.63) is 30.1 Å². The third kappa shape index (κ3) is 4.84. The van der Waals surface area contributed by atoms with Crippen LogP contribution in [0.4, 0.5) is 10.1 Å². The molecule has 0 bridgehead atoms. The Balaban J connectivity index is 1.85. The number of carbonyl (C=O) groups excluding carboxylic acids is 2. The van der Waals surface area contributed by atoms with Gasteiger partial charge in [-0.1, -0.05) is 25.1 Å². The predicted octanol–water partition coefficient (Wildman–Crippen LogP) is 2.54. The van der Waals surface area contributed by atoms with Crippen LogP contribution in [0.1, 0.15) is 26.2 Å². The first-order valence-corrected chi connectivity index (χ1v) is 8.04. The van der Waals surface area contributed by atoms with Crippen LogP contribution in [0, 0.1) is 5.82 Å². The van der Waals surface area contributed by atoms with E-state index < -0.39 is 5.25 Å². The lowest BCUT2D eigenvalue weighted by molar-refractivity contribution is -0.122. The van der Waals surface area contributed by atoms with Crippen molar-refractivity contribution < 1.29 is 14.0 Å². The van der Waals surface area contributed by atoms with Crippen molar-refractivity contribution >= 4 is 34.4 Å². The van der Waals surface area contributed by atoms with Gasteiger partial charge in [0.25, 0.3) is 0 Å². The van der Waals surface area contributed by atoms with Crippen LogP contribution in [0.2, 0.25) is 0 Å². The van der Waals surface area contributed by atoms with Crippen molar-refractivity contribution in [1.29, 1.82) is 0 Å². The first kappa shape index (κ1) is 16.5. The molecule has 1 atom stereocenters. The molecule has 1 heterocycles. The van der Waals surface area contributed by atoms with Gasteiger partial charge in [-0.25, -0.2) is 4.39 Å². The first-order valence-electron chi connectivity index (χ1n) is 7.16. The molecule has 22 heavy (non-hydrogen) atoms. The molecule has 1 aliphatic rings. The highest BCUT2D eigenvalue weighted by Gasteiger charge is 2.31. The largest absolute Gasteiger partial charge is 0.326 e. The fourth-order valence-corrected chi connectivity index (χ4v) is 2.86. The molecule has 118 valence electrons. The van der Waals surface area contributed by atoms with Gasteiger partial charge in [-0.3, -0.25) is 14.6 Å². The highest BCUT2D eigenvalue weighted by molar-refractivity contribution is 8.15. The lowest BCUT2D eigenvalue weighted by Gasteiger charge is -2.07. The van der Waals surface area contributed by atoms with E-state index in [9.17, 15) is 14.0 Å². The van der Waals surface area contributed by atoms with Crippen LogP contribution < -0.4 is 10.6 Å². The van der Waals surface area contributed by atoms with Crippen molar-refractivity contribution in [2.24, 2.45) is 4.99 Å². The lowest BCUT2D eigenvalue weighted by Crippen LogP contribution is -2.28. The van der Waals surface area contributed by atoms with Crippen LogP contribution in [0.5, 0.6) is 0 Å². The number of hydrogen-bond donors (Lipinski definition) is 2. The van der Waals surface area contributed by atoms with E-state index in [1.807, 2.05) is 0 Å². The normalized spacial score (nSPS) is 19.3. The maximum atomic E-state index is 12.8. The zero-order chi connectivity index (χ0) is 15.9. The number of nitrogens with zero attached hydrogens (tertiary/aromatic N) is 1. The average molecular weight is 323 g/mol. The van der Waals surface area contributed by atoms with Crippen LogP contribution in [0.15, 0.2) is 29.3 Å². The van der Waals surface area contributed by atoms with E-state index in [0.717, 1.165) is 12.8 Å². The average Bonchev–Trinajstić information content (AvgIpc) is 2.82. The van der Waals surface area contributed by atoms with E-state index in [2.05, 4.69) is 22.5 Å². The molecule has 2 rings (SSSR count). The van der Waals surface area contributed by atoms with E-state index in [1.165, 1.54) is 36.0 Å². The minimum atomic E-state index is -0.471. The fourth-order valence-electron chi connectivity index (χ4n) is 1.87. The van der Waals surface area contributed by atoms with Gasteiger partial charge in [0.05, 0.1) is 0 Å². The molecule has 0 saturated carbocycles. The fraction of sp³-hybridized carbons (Fsp3) is 0.400. The number of aliphatic imine (C=N–C) groups is 1. The molecule has 5 nitrogen and oxygen atoms in total. The molecule has 0 aliphatic carbocycles. The summed E-state index contributed by atoms with van der Waals surface area (Å²) in [6, 6.07) is 5.50. The molecular formula is C15H18FN3O2S. The third-order valence-electron chi connectivity index (χ3n) is 3.04. The Bertz CT molecular complexity index is 575. The second-order valence-corrected chi connectivity index (χ2v) is 6.09. The van der Waals surface area contributed by atoms with Crippen LogP contribution in [0.25, 0.3) is 0 Å². The molecule has 1 aromatic rings. The van der Waals surface area contributed by atoms with Crippen molar-refractivity contribution in [2.45, 2.75) is 31.4 Å². The van der Waals surface area contributed by atoms with Gasteiger partial charge in [-0.05, 0) is 30.7 Å². The minimum Gasteiger partial charge on any atom is -0.326 e. The molecular weight excluding hydrogens is 305 g/mol. The monoisotopic (exact) mass is 323 g/mol. The number of rotatable bonds is 6. The Labute approximate surface area is 132 Å². The van der Waals surface area contributed by atoms with E-state index in [1.54, 1.807) is 0 Å². The van der Waals surface area contributed by atoms with Gasteiger partial charge in [0.2, 0.25) is 11.8 Å². The molecule has 2 amide bonds. The topological polar surface area (TPSA) is 70.6 Å². The van der Waals surface area contributed by atoms with Crippen LogP contribution in [-0.4, -0.2) is 28.8 Å². The van der Waals surface area contributed by atoms with Gasteiger partial charge in [0.1, 0.15) is 11.1 Å². The highest BCUT2D eigenvalue weighted by Crippen LogP contribution is 2.23. The molecule has 0 radical (unpaired) electrons. The van der Waals surface area contributed by atoms with E-state index in [-0.39, 0.29) is 24.1 Å². The number of anilines is 1. The molecule has 1 aliphatic heterocycles. The van der Waals surface area contributed by atoms with Crippen molar-refractivity contribution in [2.75, 3.05) is 11.9 Å². The summed E-state index contributed by atoms with van der Waals surface area (Å²) in [5.41, 5.74) is 0.506. The maximum Gasteiger partial charge on any atom is 0.240 e. The van der Waals surface area contributed by atoms with Gasteiger partial charge >= 0.3 is 0 Å². The molecule has 7 heteroatoms. The number of halogens is 1. The second kappa shape index (κ2) is 7.93. The van der Waals surface area contributed by atoms with Gasteiger partial charge < -0.3 is 10.6 Å². The number of benzene rings is 1. The molecule has 2 N–H and O–H groups in total. The Morgan fingerprint density at radius 2 is 2.14 bits per heavy atom. The summed E-state index contributed by atoms with van der Waals surface area (Å²) in [6.45, 7) is 2.75. The van der Waals surface area contributed by atoms with E-state index in [0.29, 0.717) is 17.4 Å². The summed E-state index contributed by atoms with van der Waals surface area (Å²) in [5.74, 6) is -0.847. The summed E-state index contributed by atoms with van der Waals surface area (Å²) in [4.78, 5) is 28.0. The highest BCUT2D eigenvalue weighted by atomic mass is 32.2. The summed E-state index contributed by atoms with van der Waals surface area (Å²) in [5, 5.41) is 5.44. The van der Waals surface area contributed by atoms with Gasteiger partial charge in [-0.2, -0.15) is 0 Å². The molecule has 1 fully saturated rings. The lowest BCUT2D eigenvalue weighted by atomic mass is 10.2. The number of hydrogen-bond acceptors (Lipinski definition) is 4. The Kier molecular flexibility index (Phi) is 5.94. The van der Waals surface area contributed by atoms with Gasteiger partial charge in [0, 0.05) is 18.7 Å². The van der Waals surface area contributed by atoms with E-state index in [4.69, 9.17) is 0 Å². The zero-order valence-corrected chi connectivity index (χ0v) is 13.1. The maximum absolute atomic E-state index is 12.8. The van der Waals surface area contributed by atoms with Crippen LogP contribution >= 0.6 is 11.8 Å². The number of thioether (sulfide) groups is 1. The smallest absolute Gasteiger partial charge is 0.240 e. The van der Waals surface area contributed by atoms with Crippen molar-refractivity contribution in [3.63, 3.8) is 0 Å². The van der Waals surface area contributed by atoms with Crippen molar-refractivity contribution in [3.8, 4) is 0 Å². The number of carbonyl (C=O) groups is 2. The Morgan fingerprint density at radius 1 is 1.41 bits per heavy atom. The second-order valence-electron chi connectivity index (χ2n) is 4.90. The quantitative estimate of drug-likeness (QED) is 0.790. The molecule has 1 saturated heterocycles. The van der Waals surface area contributed by atoms with E-state index >= 15 is 0 Å². The third-order valence-corrected chi connectivity index (χ3v) is 4.16. The summed E-state index contributed by atoms with van der Waals surface area (Å²) < 4.78 is 12.8. The molecule has 0 spiro atoms. The van der Waals surface area contributed by atoms with Crippen LogP contribution in [-0.2, 0) is 9.59 Å². The summed E-state index contributed by atoms with van der Waals surface area (Å²) >= 11 is 1.28. The number of amides is 2. The summed E-state index contributed by atoms with van der Waals surface area (Å²) in [6.07, 6.45) is 2.06. The number of amidine groups is 1. The predicted molar refractivity (Wildman–Crippen MR) is 86.4 cm³/mol. The minimum absolute atomic E-state index is 0.0562. The van der Waals surface area contributed by atoms with Crippen LogP contribution in [0.3, 0.4) is 0 Å². The zero-order valence-electron chi connectivity index (χ0n) is 12.3. The standard InChI is InChI=1S/C15H18FN3O2S/c1-2-3-8-17-15-19-14(21)12(22-15)9-13(20)18-11-6-4-10(16)5-7-11/h4-7,12H,2-3,8-9H2,1H3,(H,18,20)(H,17,19,21)/t12-/m0/s1. The molecule has 1 aromatic carbocycles. The SMILES string of the molecule is CCCCN=C1NC(=O)[C@H](CC(=O)Nc2ccc(F)cc2)S1. The van der Waals surface area contributed by atoms with Crippen molar-refractivity contribution in [1.82, 2.24) is 5.32 Å². The Hall–Kier alpha value is -1.89. The number of nitrogens with one attached hydrogen (secondary N) is 2. The Morgan fingerprint density at radius 3 is 2.82 bits per heavy atom.